The molecule has 0 radical (unpaired) electrons. The van der Waals surface area contributed by atoms with Gasteiger partial charge in [0.1, 0.15) is 0 Å². The molecule has 2 rings (SSSR count). The molecule has 1 fully saturated rings. The fourth-order valence-electron chi connectivity index (χ4n) is 2.37. The number of halogens is 1. The molecule has 1 nitrogen and oxygen atoms in total. The summed E-state index contributed by atoms with van der Waals surface area (Å²) < 4.78 is 0. The molecule has 1 aliphatic carbocycles. The van der Waals surface area contributed by atoms with Crippen molar-refractivity contribution in [1.82, 2.24) is 0 Å². The van der Waals surface area contributed by atoms with Crippen molar-refractivity contribution in [3.05, 3.63) is 34.3 Å². The number of hydrogen-bond acceptors (Lipinski definition) is 1. The molecule has 1 aromatic rings. The predicted molar refractivity (Wildman–Crippen MR) is 65.1 cm³/mol. The third-order valence-electron chi connectivity index (χ3n) is 3.49. The van der Waals surface area contributed by atoms with Crippen LogP contribution in [0.4, 0.5) is 0 Å². The van der Waals surface area contributed by atoms with E-state index in [0.29, 0.717) is 0 Å². The van der Waals surface area contributed by atoms with Crippen LogP contribution in [0.25, 0.3) is 0 Å². The van der Waals surface area contributed by atoms with Gasteiger partial charge in [0.15, 0.2) is 0 Å². The molecule has 0 heterocycles. The van der Waals surface area contributed by atoms with Crippen LogP contribution in [0.5, 0.6) is 0 Å². The van der Waals surface area contributed by atoms with Crippen LogP contribution in [0.15, 0.2) is 18.2 Å². The van der Waals surface area contributed by atoms with Gasteiger partial charge in [0, 0.05) is 10.6 Å². The molecule has 1 saturated carbocycles. The fraction of sp³-hybridized carbons (Fsp3) is 0.538. The van der Waals surface area contributed by atoms with E-state index < -0.39 is 0 Å². The maximum absolute atomic E-state index is 6.44. The van der Waals surface area contributed by atoms with Gasteiger partial charge in [0.2, 0.25) is 0 Å². The Morgan fingerprint density at radius 2 is 1.87 bits per heavy atom. The van der Waals surface area contributed by atoms with Crippen LogP contribution in [0.2, 0.25) is 5.02 Å². The molecule has 0 bridgehead atoms. The van der Waals surface area contributed by atoms with Crippen molar-refractivity contribution in [3.8, 4) is 0 Å². The molecule has 0 atom stereocenters. The molecule has 1 aliphatic rings. The van der Waals surface area contributed by atoms with Gasteiger partial charge in [-0.3, -0.25) is 0 Å². The summed E-state index contributed by atoms with van der Waals surface area (Å²) >= 11 is 6.14. The summed E-state index contributed by atoms with van der Waals surface area (Å²) in [7, 11) is 0. The molecule has 1 aromatic carbocycles. The van der Waals surface area contributed by atoms with Gasteiger partial charge >= 0.3 is 0 Å². The third kappa shape index (κ3) is 2.19. The zero-order valence-corrected chi connectivity index (χ0v) is 9.98. The van der Waals surface area contributed by atoms with E-state index in [-0.39, 0.29) is 5.54 Å². The number of hydrogen-bond donors (Lipinski definition) is 1. The Labute approximate surface area is 96.6 Å². The van der Waals surface area contributed by atoms with Crippen molar-refractivity contribution in [3.63, 3.8) is 0 Å². The Morgan fingerprint density at radius 3 is 2.47 bits per heavy atom. The van der Waals surface area contributed by atoms with Crippen molar-refractivity contribution in [2.24, 2.45) is 5.73 Å². The normalized spacial score (nSPS) is 20.2. The smallest absolute Gasteiger partial charge is 0.0438 e. The minimum atomic E-state index is -0.129. The molecule has 2 heteroatoms. The van der Waals surface area contributed by atoms with Crippen LogP contribution in [0.3, 0.4) is 0 Å². The first-order chi connectivity index (χ1) is 7.12. The largest absolute Gasteiger partial charge is 0.321 e. The topological polar surface area (TPSA) is 26.0 Å². The van der Waals surface area contributed by atoms with Crippen LogP contribution in [0.1, 0.15) is 43.2 Å². The van der Waals surface area contributed by atoms with Crippen LogP contribution in [-0.4, -0.2) is 0 Å². The van der Waals surface area contributed by atoms with Crippen LogP contribution < -0.4 is 5.73 Å². The van der Waals surface area contributed by atoms with Crippen LogP contribution in [0, 0.1) is 6.92 Å². The van der Waals surface area contributed by atoms with Gasteiger partial charge in [-0.1, -0.05) is 43.0 Å². The molecule has 0 spiro atoms. The molecule has 0 amide bonds. The van der Waals surface area contributed by atoms with E-state index in [0.717, 1.165) is 23.4 Å². The van der Waals surface area contributed by atoms with Gasteiger partial charge in [-0.25, -0.2) is 0 Å². The Hall–Kier alpha value is -0.530. The quantitative estimate of drug-likeness (QED) is 0.771. The standard InChI is InChI=1S/C13H18ClN/c1-10-5-6-11(9-12(10)14)13(15)7-3-2-4-8-13/h5-6,9H,2-4,7-8,15H2,1H3. The summed E-state index contributed by atoms with van der Waals surface area (Å²) in [6.45, 7) is 2.02. The van der Waals surface area contributed by atoms with E-state index >= 15 is 0 Å². The zero-order valence-electron chi connectivity index (χ0n) is 9.22. The lowest BCUT2D eigenvalue weighted by Crippen LogP contribution is -2.38. The molecule has 15 heavy (non-hydrogen) atoms. The molecular formula is C13H18ClN. The highest BCUT2D eigenvalue weighted by molar-refractivity contribution is 6.31. The maximum Gasteiger partial charge on any atom is 0.0438 e. The number of nitrogens with two attached hydrogens (primary N) is 1. The highest BCUT2D eigenvalue weighted by Gasteiger charge is 2.29. The monoisotopic (exact) mass is 223 g/mol. The number of benzene rings is 1. The summed E-state index contributed by atoms with van der Waals surface area (Å²) in [4.78, 5) is 0. The van der Waals surface area contributed by atoms with E-state index in [1.807, 2.05) is 13.0 Å². The average molecular weight is 224 g/mol. The molecule has 0 aromatic heterocycles. The lowest BCUT2D eigenvalue weighted by atomic mass is 9.77. The van der Waals surface area contributed by atoms with Gasteiger partial charge in [-0.05, 0) is 37.0 Å². The summed E-state index contributed by atoms with van der Waals surface area (Å²) in [6.07, 6.45) is 5.97. The van der Waals surface area contributed by atoms with Crippen LogP contribution >= 0.6 is 11.6 Å². The van der Waals surface area contributed by atoms with Gasteiger partial charge in [-0.15, -0.1) is 0 Å². The number of rotatable bonds is 1. The molecule has 82 valence electrons. The summed E-state index contributed by atoms with van der Waals surface area (Å²) in [6, 6.07) is 6.25. The maximum atomic E-state index is 6.44. The number of aryl methyl sites for hydroxylation is 1. The molecule has 0 saturated heterocycles. The molecular weight excluding hydrogens is 206 g/mol. The summed E-state index contributed by atoms with van der Waals surface area (Å²) in [5, 5.41) is 0.836. The molecule has 0 aliphatic heterocycles. The highest BCUT2D eigenvalue weighted by atomic mass is 35.5. The van der Waals surface area contributed by atoms with Gasteiger partial charge in [0.25, 0.3) is 0 Å². The lowest BCUT2D eigenvalue weighted by molar-refractivity contribution is 0.302. The van der Waals surface area contributed by atoms with Crippen molar-refractivity contribution in [2.75, 3.05) is 0 Å². The fourth-order valence-corrected chi connectivity index (χ4v) is 2.55. The average Bonchev–Trinajstić information content (AvgIpc) is 2.23. The zero-order chi connectivity index (χ0) is 10.9. The molecule has 2 N–H and O–H groups in total. The Balaban J connectivity index is 2.31. The van der Waals surface area contributed by atoms with E-state index in [1.165, 1.54) is 24.8 Å². The van der Waals surface area contributed by atoms with Gasteiger partial charge < -0.3 is 5.73 Å². The second-order valence-corrected chi connectivity index (χ2v) is 5.09. The first kappa shape index (κ1) is 11.0. The van der Waals surface area contributed by atoms with E-state index in [9.17, 15) is 0 Å². The Bertz CT molecular complexity index is 354. The minimum absolute atomic E-state index is 0.129. The second-order valence-electron chi connectivity index (χ2n) is 4.68. The molecule has 0 unspecified atom stereocenters. The Kier molecular flexibility index (Phi) is 3.03. The SMILES string of the molecule is Cc1ccc(C2(N)CCCCC2)cc1Cl. The predicted octanol–water partition coefficient (Wildman–Crippen LogP) is 3.77. The van der Waals surface area contributed by atoms with Crippen molar-refractivity contribution in [1.29, 1.82) is 0 Å². The minimum Gasteiger partial charge on any atom is -0.321 e. The van der Waals surface area contributed by atoms with E-state index in [1.54, 1.807) is 0 Å². The van der Waals surface area contributed by atoms with E-state index in [4.69, 9.17) is 17.3 Å². The van der Waals surface area contributed by atoms with Gasteiger partial charge in [0.05, 0.1) is 0 Å². The van der Waals surface area contributed by atoms with Gasteiger partial charge in [-0.2, -0.15) is 0 Å². The lowest BCUT2D eigenvalue weighted by Gasteiger charge is -2.34. The van der Waals surface area contributed by atoms with Crippen molar-refractivity contribution in [2.45, 2.75) is 44.6 Å². The van der Waals surface area contributed by atoms with Crippen molar-refractivity contribution < 1.29 is 0 Å². The van der Waals surface area contributed by atoms with E-state index in [2.05, 4.69) is 12.1 Å². The first-order valence-electron chi connectivity index (χ1n) is 5.67. The van der Waals surface area contributed by atoms with Crippen molar-refractivity contribution >= 4 is 11.6 Å². The summed E-state index contributed by atoms with van der Waals surface area (Å²) in [5.41, 5.74) is 8.64. The third-order valence-corrected chi connectivity index (χ3v) is 3.90. The Morgan fingerprint density at radius 1 is 1.20 bits per heavy atom. The second kappa shape index (κ2) is 4.15. The summed E-state index contributed by atoms with van der Waals surface area (Å²) in [5.74, 6) is 0. The first-order valence-corrected chi connectivity index (χ1v) is 6.05. The highest BCUT2D eigenvalue weighted by Crippen LogP contribution is 2.36. The van der Waals surface area contributed by atoms with Crippen LogP contribution in [-0.2, 0) is 5.54 Å².